The summed E-state index contributed by atoms with van der Waals surface area (Å²) in [6, 6.07) is 8.75. The molecule has 1 aromatic carbocycles. The van der Waals surface area contributed by atoms with Crippen LogP contribution in [-0.2, 0) is 0 Å². The third-order valence-corrected chi connectivity index (χ3v) is 3.55. The molecule has 6 heteroatoms. The van der Waals surface area contributed by atoms with Gasteiger partial charge in [0.15, 0.2) is 5.78 Å². The second-order valence-electron chi connectivity index (χ2n) is 5.02. The molecule has 0 fully saturated rings. The first-order valence-electron chi connectivity index (χ1n) is 6.99. The first-order valence-corrected chi connectivity index (χ1v) is 6.99. The number of nitrogens with zero attached hydrogens (tertiary/aromatic N) is 4. The van der Waals surface area contributed by atoms with E-state index in [0.29, 0.717) is 11.3 Å². The number of aromatic nitrogens is 2. The molecule has 0 saturated carbocycles. The van der Waals surface area contributed by atoms with Crippen molar-refractivity contribution in [3.63, 3.8) is 0 Å². The lowest BCUT2D eigenvalue weighted by Gasteiger charge is -1.97. The van der Waals surface area contributed by atoms with Crippen molar-refractivity contribution in [3.05, 3.63) is 76.1 Å². The van der Waals surface area contributed by atoms with Gasteiger partial charge in [0, 0.05) is 50.7 Å². The lowest BCUT2D eigenvalue weighted by molar-refractivity contribution is 0.104. The number of aryl methyl sites for hydroxylation is 1. The number of hydrogen-bond donors (Lipinski definition) is 1. The van der Waals surface area contributed by atoms with Crippen molar-refractivity contribution >= 4 is 28.4 Å². The van der Waals surface area contributed by atoms with Crippen LogP contribution in [0.25, 0.3) is 27.4 Å². The fourth-order valence-corrected chi connectivity index (χ4v) is 2.44. The number of aromatic amines is 1. The summed E-state index contributed by atoms with van der Waals surface area (Å²) in [7, 11) is 0. The highest BCUT2D eigenvalue weighted by Crippen LogP contribution is 2.27. The minimum absolute atomic E-state index is 0.0904. The number of allylic oxidation sites excluding steroid dienone is 1. The maximum absolute atomic E-state index is 12.2. The Morgan fingerprint density at radius 1 is 1.30 bits per heavy atom. The molecule has 0 atom stereocenters. The Kier molecular flexibility index (Phi) is 3.91. The molecule has 112 valence electrons. The van der Waals surface area contributed by atoms with Crippen LogP contribution in [-0.4, -0.2) is 15.8 Å². The summed E-state index contributed by atoms with van der Waals surface area (Å²) in [5.41, 5.74) is 12.4. The minimum atomic E-state index is -0.0904. The Hall–Kier alpha value is -3.37. The van der Waals surface area contributed by atoms with E-state index >= 15 is 0 Å². The zero-order chi connectivity index (χ0) is 16.2. The van der Waals surface area contributed by atoms with E-state index in [0.717, 1.165) is 22.2 Å². The van der Waals surface area contributed by atoms with Gasteiger partial charge in [-0.1, -0.05) is 11.2 Å². The van der Waals surface area contributed by atoms with E-state index in [-0.39, 0.29) is 5.78 Å². The quantitative estimate of drug-likeness (QED) is 0.248. The Morgan fingerprint density at radius 2 is 2.09 bits per heavy atom. The summed E-state index contributed by atoms with van der Waals surface area (Å²) in [6.45, 7) is 1.93. The monoisotopic (exact) mass is 303 g/mol. The van der Waals surface area contributed by atoms with E-state index in [1.54, 1.807) is 42.7 Å². The van der Waals surface area contributed by atoms with Crippen molar-refractivity contribution in [2.45, 2.75) is 6.92 Å². The van der Waals surface area contributed by atoms with E-state index in [1.807, 2.05) is 13.0 Å². The standard InChI is InChI=1S/C17H13N5O/c1-11-14(3-5-17(23)12-6-8-19-9-7-12)15-10-13(21-22-18)2-4-16(15)20-11/h2-10,20H,1H3/b5-3+. The van der Waals surface area contributed by atoms with Gasteiger partial charge in [0.1, 0.15) is 0 Å². The number of azide groups is 1. The van der Waals surface area contributed by atoms with E-state index in [4.69, 9.17) is 5.53 Å². The van der Waals surface area contributed by atoms with Gasteiger partial charge >= 0.3 is 0 Å². The highest BCUT2D eigenvalue weighted by atomic mass is 16.1. The summed E-state index contributed by atoms with van der Waals surface area (Å²) >= 11 is 0. The van der Waals surface area contributed by atoms with Crippen molar-refractivity contribution in [2.75, 3.05) is 0 Å². The van der Waals surface area contributed by atoms with Gasteiger partial charge in [-0.2, -0.15) is 0 Å². The normalized spacial score (nSPS) is 10.8. The predicted octanol–water partition coefficient (Wildman–Crippen LogP) is 4.71. The van der Waals surface area contributed by atoms with Crippen molar-refractivity contribution < 1.29 is 4.79 Å². The SMILES string of the molecule is Cc1[nH]c2ccc(N=[N+]=[N-])cc2c1/C=C/C(=O)c1ccncc1. The number of nitrogens with one attached hydrogen (secondary N) is 1. The van der Waals surface area contributed by atoms with Gasteiger partial charge < -0.3 is 4.98 Å². The molecule has 2 aromatic heterocycles. The smallest absolute Gasteiger partial charge is 0.185 e. The molecule has 23 heavy (non-hydrogen) atoms. The molecular weight excluding hydrogens is 290 g/mol. The number of hydrogen-bond acceptors (Lipinski definition) is 3. The second kappa shape index (κ2) is 6.17. The number of ketones is 1. The summed E-state index contributed by atoms with van der Waals surface area (Å²) in [6.07, 6.45) is 6.48. The van der Waals surface area contributed by atoms with Gasteiger partial charge in [0.2, 0.25) is 0 Å². The molecule has 0 amide bonds. The molecule has 2 heterocycles. The zero-order valence-electron chi connectivity index (χ0n) is 12.4. The molecule has 3 rings (SSSR count). The Balaban J connectivity index is 2.00. The van der Waals surface area contributed by atoms with Crippen molar-refractivity contribution in [1.29, 1.82) is 0 Å². The predicted molar refractivity (Wildman–Crippen MR) is 89.4 cm³/mol. The third-order valence-electron chi connectivity index (χ3n) is 3.55. The van der Waals surface area contributed by atoms with Crippen LogP contribution in [0, 0.1) is 6.92 Å². The fourth-order valence-electron chi connectivity index (χ4n) is 2.44. The third kappa shape index (κ3) is 2.97. The van der Waals surface area contributed by atoms with Crippen LogP contribution in [0.2, 0.25) is 0 Å². The summed E-state index contributed by atoms with van der Waals surface area (Å²) in [5, 5.41) is 4.53. The maximum atomic E-state index is 12.2. The number of rotatable bonds is 4. The molecule has 3 aromatic rings. The van der Waals surface area contributed by atoms with E-state index in [2.05, 4.69) is 20.0 Å². The number of carbonyl (C=O) groups excluding carboxylic acids is 1. The van der Waals surface area contributed by atoms with E-state index < -0.39 is 0 Å². The van der Waals surface area contributed by atoms with Gasteiger partial charge in [-0.05, 0) is 48.9 Å². The molecule has 0 aliphatic rings. The van der Waals surface area contributed by atoms with Gasteiger partial charge in [-0.3, -0.25) is 9.78 Å². The first-order chi connectivity index (χ1) is 11.2. The first kappa shape index (κ1) is 14.6. The highest BCUT2D eigenvalue weighted by Gasteiger charge is 2.07. The van der Waals surface area contributed by atoms with Gasteiger partial charge in [0.25, 0.3) is 0 Å². The van der Waals surface area contributed by atoms with Crippen molar-refractivity contribution in [1.82, 2.24) is 9.97 Å². The summed E-state index contributed by atoms with van der Waals surface area (Å²) < 4.78 is 0. The molecule has 0 aliphatic carbocycles. The summed E-state index contributed by atoms with van der Waals surface area (Å²) in [4.78, 5) is 22.1. The van der Waals surface area contributed by atoms with Crippen LogP contribution in [0.4, 0.5) is 5.69 Å². The molecule has 0 aliphatic heterocycles. The Bertz CT molecular complexity index is 950. The molecule has 6 nitrogen and oxygen atoms in total. The maximum Gasteiger partial charge on any atom is 0.185 e. The molecular formula is C17H13N5O. The fraction of sp³-hybridized carbons (Fsp3) is 0.0588. The molecule has 0 spiro atoms. The average molecular weight is 303 g/mol. The zero-order valence-corrected chi connectivity index (χ0v) is 12.4. The molecule has 0 saturated heterocycles. The van der Waals surface area contributed by atoms with Gasteiger partial charge in [-0.25, -0.2) is 0 Å². The number of pyridine rings is 1. The van der Waals surface area contributed by atoms with Gasteiger partial charge in [-0.15, -0.1) is 0 Å². The number of carbonyl (C=O) groups is 1. The number of H-pyrrole nitrogens is 1. The lowest BCUT2D eigenvalue weighted by Crippen LogP contribution is -1.93. The average Bonchev–Trinajstić information content (AvgIpc) is 2.88. The van der Waals surface area contributed by atoms with Crippen LogP contribution in [0.3, 0.4) is 0 Å². The largest absolute Gasteiger partial charge is 0.358 e. The van der Waals surface area contributed by atoms with Crippen LogP contribution in [0.5, 0.6) is 0 Å². The van der Waals surface area contributed by atoms with Crippen LogP contribution >= 0.6 is 0 Å². The number of fused-ring (bicyclic) bond motifs is 1. The Labute approximate surface area is 132 Å². The highest BCUT2D eigenvalue weighted by molar-refractivity contribution is 6.08. The Morgan fingerprint density at radius 3 is 2.83 bits per heavy atom. The van der Waals surface area contributed by atoms with Crippen LogP contribution < -0.4 is 0 Å². The van der Waals surface area contributed by atoms with E-state index in [9.17, 15) is 4.79 Å². The van der Waals surface area contributed by atoms with Gasteiger partial charge in [0.05, 0.1) is 0 Å². The van der Waals surface area contributed by atoms with Crippen LogP contribution in [0.1, 0.15) is 21.6 Å². The molecule has 0 unspecified atom stereocenters. The summed E-state index contributed by atoms with van der Waals surface area (Å²) in [5.74, 6) is -0.0904. The van der Waals surface area contributed by atoms with Crippen molar-refractivity contribution in [3.8, 4) is 0 Å². The lowest BCUT2D eigenvalue weighted by atomic mass is 10.1. The minimum Gasteiger partial charge on any atom is -0.358 e. The van der Waals surface area contributed by atoms with Crippen molar-refractivity contribution in [2.24, 2.45) is 5.11 Å². The molecule has 0 bridgehead atoms. The van der Waals surface area contributed by atoms with Crippen LogP contribution in [0.15, 0.2) is 53.9 Å². The van der Waals surface area contributed by atoms with E-state index in [1.165, 1.54) is 6.08 Å². The topological polar surface area (TPSA) is 94.5 Å². The second-order valence-corrected chi connectivity index (χ2v) is 5.02. The number of benzene rings is 1. The molecule has 1 N–H and O–H groups in total. The molecule has 0 radical (unpaired) electrons.